The van der Waals surface area contributed by atoms with Crippen molar-refractivity contribution in [3.63, 3.8) is 0 Å². The van der Waals surface area contributed by atoms with Crippen LogP contribution in [0, 0.1) is 17.3 Å². The van der Waals surface area contributed by atoms with Gasteiger partial charge in [-0.1, -0.05) is 46.3 Å². The molecule has 0 saturated carbocycles. The minimum atomic E-state index is -0.0440. The van der Waals surface area contributed by atoms with Crippen LogP contribution in [0.25, 0.3) is 0 Å². The van der Waals surface area contributed by atoms with Crippen molar-refractivity contribution in [2.75, 3.05) is 6.61 Å². The molecule has 0 saturated heterocycles. The average molecular weight is 184 g/mol. The molecule has 0 aliphatic heterocycles. The van der Waals surface area contributed by atoms with Crippen LogP contribution in [0.4, 0.5) is 0 Å². The molecule has 0 heterocycles. The van der Waals surface area contributed by atoms with Crippen molar-refractivity contribution in [3.8, 4) is 0 Å². The van der Waals surface area contributed by atoms with E-state index in [1.807, 2.05) is 13.0 Å². The molecule has 0 spiro atoms. The van der Waals surface area contributed by atoms with E-state index >= 15 is 0 Å². The molecule has 78 valence electrons. The van der Waals surface area contributed by atoms with Crippen molar-refractivity contribution in [1.29, 1.82) is 0 Å². The molecule has 2 unspecified atom stereocenters. The normalized spacial score (nSPS) is 19.3. The van der Waals surface area contributed by atoms with Crippen molar-refractivity contribution in [2.45, 2.75) is 41.0 Å². The summed E-state index contributed by atoms with van der Waals surface area (Å²) in [6.07, 6.45) is 5.31. The van der Waals surface area contributed by atoms with Crippen LogP contribution in [0.5, 0.6) is 0 Å². The summed E-state index contributed by atoms with van der Waals surface area (Å²) in [5, 5.41) is 9.42. The van der Waals surface area contributed by atoms with E-state index in [-0.39, 0.29) is 12.0 Å². The van der Waals surface area contributed by atoms with Gasteiger partial charge in [0.2, 0.25) is 0 Å². The smallest absolute Gasteiger partial charge is 0.0522 e. The lowest BCUT2D eigenvalue weighted by Gasteiger charge is -2.36. The first kappa shape index (κ1) is 12.7. The van der Waals surface area contributed by atoms with Crippen molar-refractivity contribution in [3.05, 3.63) is 12.2 Å². The third-order valence-electron chi connectivity index (χ3n) is 2.98. The van der Waals surface area contributed by atoms with Crippen molar-refractivity contribution in [2.24, 2.45) is 17.3 Å². The fourth-order valence-corrected chi connectivity index (χ4v) is 2.37. The summed E-state index contributed by atoms with van der Waals surface area (Å²) in [4.78, 5) is 0. The lowest BCUT2D eigenvalue weighted by atomic mass is 9.70. The summed E-state index contributed by atoms with van der Waals surface area (Å²) < 4.78 is 0. The second-order valence-corrected chi connectivity index (χ2v) is 4.42. The first-order valence-electron chi connectivity index (χ1n) is 5.26. The Morgan fingerprint density at radius 1 is 1.38 bits per heavy atom. The molecule has 0 aromatic heterocycles. The van der Waals surface area contributed by atoms with Gasteiger partial charge in [-0.15, -0.1) is 0 Å². The molecule has 2 atom stereocenters. The van der Waals surface area contributed by atoms with Crippen LogP contribution in [0.3, 0.4) is 0 Å². The largest absolute Gasteiger partial charge is 0.395 e. The standard InChI is InChI=1S/C12H24O/c1-6-8-12(5,9-13)11(7-2)10(3)4/h6,8,10-11,13H,7,9H2,1-5H3/b8-6+. The SMILES string of the molecule is C/C=C/C(C)(CO)C(CC)C(C)C. The van der Waals surface area contributed by atoms with E-state index in [1.54, 1.807) is 0 Å². The van der Waals surface area contributed by atoms with Crippen LogP contribution >= 0.6 is 0 Å². The molecule has 13 heavy (non-hydrogen) atoms. The fraction of sp³-hybridized carbons (Fsp3) is 0.833. The first-order chi connectivity index (χ1) is 6.01. The zero-order chi connectivity index (χ0) is 10.5. The van der Waals surface area contributed by atoms with Crippen LogP contribution in [0.1, 0.15) is 41.0 Å². The maximum atomic E-state index is 9.42. The van der Waals surface area contributed by atoms with E-state index in [0.717, 1.165) is 6.42 Å². The summed E-state index contributed by atoms with van der Waals surface area (Å²) >= 11 is 0. The van der Waals surface area contributed by atoms with E-state index in [9.17, 15) is 5.11 Å². The Balaban J connectivity index is 4.68. The zero-order valence-corrected chi connectivity index (χ0v) is 9.67. The monoisotopic (exact) mass is 184 g/mol. The Kier molecular flexibility index (Phi) is 5.31. The molecule has 0 aliphatic carbocycles. The maximum Gasteiger partial charge on any atom is 0.0522 e. The van der Waals surface area contributed by atoms with Gasteiger partial charge >= 0.3 is 0 Å². The van der Waals surface area contributed by atoms with E-state index in [2.05, 4.69) is 33.8 Å². The topological polar surface area (TPSA) is 20.2 Å². The van der Waals surface area contributed by atoms with E-state index in [1.165, 1.54) is 0 Å². The van der Waals surface area contributed by atoms with Gasteiger partial charge in [-0.3, -0.25) is 0 Å². The highest BCUT2D eigenvalue weighted by Gasteiger charge is 2.31. The lowest BCUT2D eigenvalue weighted by Crippen LogP contribution is -2.32. The molecular formula is C12H24O. The molecule has 1 heteroatoms. The molecular weight excluding hydrogens is 160 g/mol. The van der Waals surface area contributed by atoms with Crippen LogP contribution < -0.4 is 0 Å². The molecule has 1 nitrogen and oxygen atoms in total. The molecule has 0 aromatic carbocycles. The maximum absolute atomic E-state index is 9.42. The van der Waals surface area contributed by atoms with Gasteiger partial charge < -0.3 is 5.11 Å². The summed E-state index contributed by atoms with van der Waals surface area (Å²) in [7, 11) is 0. The number of allylic oxidation sites excluding steroid dienone is 1. The Morgan fingerprint density at radius 3 is 2.15 bits per heavy atom. The van der Waals surface area contributed by atoms with Crippen LogP contribution in [-0.4, -0.2) is 11.7 Å². The van der Waals surface area contributed by atoms with Gasteiger partial charge in [0.25, 0.3) is 0 Å². The molecule has 1 N–H and O–H groups in total. The van der Waals surface area contributed by atoms with E-state index in [0.29, 0.717) is 11.8 Å². The van der Waals surface area contributed by atoms with Gasteiger partial charge in [0.05, 0.1) is 6.61 Å². The summed E-state index contributed by atoms with van der Waals surface area (Å²) in [5.41, 5.74) is -0.0440. The van der Waals surface area contributed by atoms with Crippen LogP contribution in [0.15, 0.2) is 12.2 Å². The second kappa shape index (κ2) is 5.43. The highest BCUT2D eigenvalue weighted by atomic mass is 16.3. The highest BCUT2D eigenvalue weighted by Crippen LogP contribution is 2.36. The predicted molar refractivity (Wildman–Crippen MR) is 58.6 cm³/mol. The minimum absolute atomic E-state index is 0.0440. The molecule has 0 fully saturated rings. The van der Waals surface area contributed by atoms with Gasteiger partial charge in [-0.25, -0.2) is 0 Å². The molecule has 0 aliphatic rings. The summed E-state index contributed by atoms with van der Waals surface area (Å²) in [6.45, 7) is 11.1. The van der Waals surface area contributed by atoms with Gasteiger partial charge in [0, 0.05) is 5.41 Å². The van der Waals surface area contributed by atoms with Gasteiger partial charge in [0.15, 0.2) is 0 Å². The quantitative estimate of drug-likeness (QED) is 0.650. The third-order valence-corrected chi connectivity index (χ3v) is 2.98. The van der Waals surface area contributed by atoms with Crippen LogP contribution in [0.2, 0.25) is 0 Å². The lowest BCUT2D eigenvalue weighted by molar-refractivity contribution is 0.0925. The predicted octanol–water partition coefficient (Wildman–Crippen LogP) is 3.24. The molecule has 0 radical (unpaired) electrons. The van der Waals surface area contributed by atoms with Crippen molar-refractivity contribution in [1.82, 2.24) is 0 Å². The molecule has 0 aromatic rings. The molecule has 0 bridgehead atoms. The number of aliphatic hydroxyl groups is 1. The Bertz CT molecular complexity index is 161. The van der Waals surface area contributed by atoms with Gasteiger partial charge in [-0.05, 0) is 18.8 Å². The number of hydrogen-bond donors (Lipinski definition) is 1. The Hall–Kier alpha value is -0.300. The van der Waals surface area contributed by atoms with E-state index < -0.39 is 0 Å². The number of hydrogen-bond acceptors (Lipinski definition) is 1. The molecule has 0 rings (SSSR count). The minimum Gasteiger partial charge on any atom is -0.395 e. The van der Waals surface area contributed by atoms with Crippen molar-refractivity contribution < 1.29 is 5.11 Å². The average Bonchev–Trinajstić information content (AvgIpc) is 2.05. The molecule has 0 amide bonds. The van der Waals surface area contributed by atoms with Gasteiger partial charge in [-0.2, -0.15) is 0 Å². The van der Waals surface area contributed by atoms with Crippen LogP contribution in [-0.2, 0) is 0 Å². The second-order valence-electron chi connectivity index (χ2n) is 4.42. The number of rotatable bonds is 5. The zero-order valence-electron chi connectivity index (χ0n) is 9.67. The van der Waals surface area contributed by atoms with Crippen molar-refractivity contribution >= 4 is 0 Å². The van der Waals surface area contributed by atoms with Gasteiger partial charge in [0.1, 0.15) is 0 Å². The first-order valence-corrected chi connectivity index (χ1v) is 5.26. The summed E-state index contributed by atoms with van der Waals surface area (Å²) in [5.74, 6) is 1.19. The Labute approximate surface area is 82.9 Å². The third kappa shape index (κ3) is 3.15. The highest BCUT2D eigenvalue weighted by molar-refractivity contribution is 5.00. The fourth-order valence-electron chi connectivity index (χ4n) is 2.37. The van der Waals surface area contributed by atoms with E-state index in [4.69, 9.17) is 0 Å². The number of aliphatic hydroxyl groups excluding tert-OH is 1. The Morgan fingerprint density at radius 2 is 1.92 bits per heavy atom. The summed E-state index contributed by atoms with van der Waals surface area (Å²) in [6, 6.07) is 0.